The summed E-state index contributed by atoms with van der Waals surface area (Å²) in [5.41, 5.74) is 2.97. The zero-order valence-electron chi connectivity index (χ0n) is 15.3. The van der Waals surface area contributed by atoms with Gasteiger partial charge in [-0.1, -0.05) is 0 Å². The number of ether oxygens (including phenoxy) is 1. The van der Waals surface area contributed by atoms with Crippen LogP contribution in [0.3, 0.4) is 0 Å². The Kier molecular flexibility index (Phi) is 4.78. The third-order valence-corrected chi connectivity index (χ3v) is 4.98. The quantitative estimate of drug-likeness (QED) is 0.892. The van der Waals surface area contributed by atoms with E-state index in [9.17, 15) is 4.79 Å². The Hall–Kier alpha value is -2.19. The topological polar surface area (TPSA) is 83.7 Å². The van der Waals surface area contributed by atoms with Crippen LogP contribution in [0.5, 0.6) is 0 Å². The predicted octanol–water partition coefficient (Wildman–Crippen LogP) is 1.87. The Morgan fingerprint density at radius 1 is 1.15 bits per heavy atom. The third kappa shape index (κ3) is 3.52. The highest BCUT2D eigenvalue weighted by Crippen LogP contribution is 2.31. The molecule has 1 aromatic carbocycles. The van der Waals surface area contributed by atoms with Crippen molar-refractivity contribution in [2.24, 2.45) is 0 Å². The van der Waals surface area contributed by atoms with Gasteiger partial charge >= 0.3 is 0 Å². The van der Waals surface area contributed by atoms with Crippen LogP contribution in [0, 0.1) is 0 Å². The van der Waals surface area contributed by atoms with Crippen molar-refractivity contribution in [1.29, 1.82) is 0 Å². The summed E-state index contributed by atoms with van der Waals surface area (Å²) in [6.07, 6.45) is 2.64. The van der Waals surface area contributed by atoms with Crippen molar-refractivity contribution in [3.05, 3.63) is 12.1 Å². The van der Waals surface area contributed by atoms with E-state index in [1.807, 2.05) is 26.0 Å². The van der Waals surface area contributed by atoms with Crippen molar-refractivity contribution < 1.29 is 14.2 Å². The van der Waals surface area contributed by atoms with Gasteiger partial charge in [-0.15, -0.1) is 0 Å². The lowest BCUT2D eigenvalue weighted by atomic mass is 10.2. The van der Waals surface area contributed by atoms with Gasteiger partial charge in [-0.05, 0) is 49.1 Å². The van der Waals surface area contributed by atoms with E-state index in [1.54, 1.807) is 0 Å². The van der Waals surface area contributed by atoms with Crippen molar-refractivity contribution in [3.8, 4) is 0 Å². The fraction of sp³-hybridized carbons (Fsp3) is 0.611. The second-order valence-electron chi connectivity index (χ2n) is 7.29. The molecule has 1 N–H and O–H groups in total. The van der Waals surface area contributed by atoms with Crippen LogP contribution in [0.4, 0.5) is 11.4 Å². The van der Waals surface area contributed by atoms with E-state index in [0.29, 0.717) is 23.3 Å². The molecular weight excluding hydrogens is 334 g/mol. The van der Waals surface area contributed by atoms with Crippen LogP contribution in [0.2, 0.25) is 0 Å². The van der Waals surface area contributed by atoms with E-state index in [0.717, 1.165) is 31.9 Å². The molecule has 8 nitrogen and oxygen atoms in total. The molecule has 0 aliphatic carbocycles. The molecule has 1 aromatic heterocycles. The van der Waals surface area contributed by atoms with Crippen LogP contribution >= 0.6 is 0 Å². The lowest BCUT2D eigenvalue weighted by Crippen LogP contribution is -2.48. The molecule has 2 unspecified atom stereocenters. The molecule has 0 radical (unpaired) electrons. The van der Waals surface area contributed by atoms with Crippen molar-refractivity contribution in [2.75, 3.05) is 42.9 Å². The van der Waals surface area contributed by atoms with Crippen molar-refractivity contribution in [1.82, 2.24) is 15.2 Å². The predicted molar refractivity (Wildman–Crippen MR) is 98.3 cm³/mol. The first-order chi connectivity index (χ1) is 12.6. The summed E-state index contributed by atoms with van der Waals surface area (Å²) >= 11 is 0. The van der Waals surface area contributed by atoms with Gasteiger partial charge in [0.05, 0.1) is 30.1 Å². The number of hydrogen-bond acceptors (Lipinski definition) is 7. The van der Waals surface area contributed by atoms with E-state index in [-0.39, 0.29) is 18.1 Å². The summed E-state index contributed by atoms with van der Waals surface area (Å²) in [7, 11) is 0. The van der Waals surface area contributed by atoms with Gasteiger partial charge in [-0.25, -0.2) is 4.63 Å². The summed E-state index contributed by atoms with van der Waals surface area (Å²) in [6, 6.07) is 3.88. The van der Waals surface area contributed by atoms with Gasteiger partial charge in [0.1, 0.15) is 0 Å². The van der Waals surface area contributed by atoms with Gasteiger partial charge in [0.15, 0.2) is 11.0 Å². The number of fused-ring (bicyclic) bond motifs is 1. The summed E-state index contributed by atoms with van der Waals surface area (Å²) in [4.78, 5) is 16.9. The summed E-state index contributed by atoms with van der Waals surface area (Å²) < 4.78 is 10.7. The van der Waals surface area contributed by atoms with Gasteiger partial charge in [-0.3, -0.25) is 9.69 Å². The zero-order valence-corrected chi connectivity index (χ0v) is 15.3. The number of amides is 1. The number of aromatic nitrogens is 2. The van der Waals surface area contributed by atoms with Crippen LogP contribution in [-0.4, -0.2) is 66.1 Å². The van der Waals surface area contributed by atoms with E-state index >= 15 is 0 Å². The Morgan fingerprint density at radius 3 is 2.58 bits per heavy atom. The molecule has 140 valence electrons. The fourth-order valence-electron chi connectivity index (χ4n) is 3.97. The maximum atomic E-state index is 12.5. The Morgan fingerprint density at radius 2 is 1.85 bits per heavy atom. The van der Waals surface area contributed by atoms with Crippen LogP contribution in [0.1, 0.15) is 26.7 Å². The second-order valence-corrected chi connectivity index (χ2v) is 7.29. The highest BCUT2D eigenvalue weighted by molar-refractivity contribution is 6.03. The minimum absolute atomic E-state index is 0.0653. The molecule has 2 aromatic rings. The smallest absolute Gasteiger partial charge is 0.238 e. The molecule has 2 fully saturated rings. The largest absolute Gasteiger partial charge is 0.373 e. The molecular formula is C18H25N5O3. The molecule has 2 saturated heterocycles. The molecule has 1 amide bonds. The number of morpholine rings is 1. The minimum atomic E-state index is -0.0653. The molecule has 26 heavy (non-hydrogen) atoms. The van der Waals surface area contributed by atoms with Gasteiger partial charge in [0, 0.05) is 26.2 Å². The van der Waals surface area contributed by atoms with Crippen LogP contribution in [-0.2, 0) is 9.53 Å². The number of carbonyl (C=O) groups is 1. The highest BCUT2D eigenvalue weighted by Gasteiger charge is 2.25. The average Bonchev–Trinajstić information content (AvgIpc) is 3.26. The first-order valence-corrected chi connectivity index (χ1v) is 9.28. The standard InChI is InChI=1S/C18H25N5O3/c1-12-9-22(10-13(2)25-12)11-16(24)19-14-5-6-15(23-7-3-4-8-23)18-17(14)20-26-21-18/h5-6,12-13H,3-4,7-11H2,1-2H3,(H,19,24). The molecule has 0 spiro atoms. The Labute approximate surface area is 152 Å². The number of rotatable bonds is 4. The second kappa shape index (κ2) is 7.20. The SMILES string of the molecule is CC1CN(CC(=O)Nc2ccc(N3CCCC3)c3nonc23)CC(C)O1. The first kappa shape index (κ1) is 17.2. The van der Waals surface area contributed by atoms with E-state index in [4.69, 9.17) is 9.37 Å². The molecule has 0 saturated carbocycles. The van der Waals surface area contributed by atoms with Crippen molar-refractivity contribution >= 4 is 28.3 Å². The number of benzene rings is 1. The molecule has 3 heterocycles. The Bertz CT molecular complexity index is 776. The van der Waals surface area contributed by atoms with E-state index in [1.165, 1.54) is 12.8 Å². The van der Waals surface area contributed by atoms with Crippen LogP contribution in [0.25, 0.3) is 11.0 Å². The lowest BCUT2D eigenvalue weighted by Gasteiger charge is -2.34. The summed E-state index contributed by atoms with van der Waals surface area (Å²) in [6.45, 7) is 7.94. The third-order valence-electron chi connectivity index (χ3n) is 4.98. The van der Waals surface area contributed by atoms with Gasteiger partial charge < -0.3 is 15.0 Å². The maximum Gasteiger partial charge on any atom is 0.238 e. The van der Waals surface area contributed by atoms with Gasteiger partial charge in [0.2, 0.25) is 5.91 Å². The van der Waals surface area contributed by atoms with Crippen LogP contribution in [0.15, 0.2) is 16.8 Å². The fourth-order valence-corrected chi connectivity index (χ4v) is 3.97. The number of nitrogens with one attached hydrogen (secondary N) is 1. The van der Waals surface area contributed by atoms with Gasteiger partial charge in [-0.2, -0.15) is 0 Å². The normalized spacial score (nSPS) is 24.3. The Balaban J connectivity index is 1.48. The molecule has 4 rings (SSSR count). The van der Waals surface area contributed by atoms with Crippen molar-refractivity contribution in [2.45, 2.75) is 38.9 Å². The van der Waals surface area contributed by atoms with E-state index < -0.39 is 0 Å². The highest BCUT2D eigenvalue weighted by atomic mass is 16.6. The van der Waals surface area contributed by atoms with Gasteiger partial charge in [0.25, 0.3) is 0 Å². The number of nitrogens with zero attached hydrogens (tertiary/aromatic N) is 4. The maximum absolute atomic E-state index is 12.5. The minimum Gasteiger partial charge on any atom is -0.373 e. The number of hydrogen-bond donors (Lipinski definition) is 1. The molecule has 8 heteroatoms. The zero-order chi connectivity index (χ0) is 18.1. The van der Waals surface area contributed by atoms with Crippen molar-refractivity contribution in [3.63, 3.8) is 0 Å². The van der Waals surface area contributed by atoms with E-state index in [2.05, 4.69) is 25.4 Å². The summed E-state index contributed by atoms with van der Waals surface area (Å²) in [5, 5.41) is 11.0. The molecule has 0 bridgehead atoms. The average molecular weight is 359 g/mol. The monoisotopic (exact) mass is 359 g/mol. The lowest BCUT2D eigenvalue weighted by molar-refractivity contribution is -0.121. The number of carbonyl (C=O) groups excluding carboxylic acids is 1. The number of anilines is 2. The molecule has 2 atom stereocenters. The first-order valence-electron chi connectivity index (χ1n) is 9.28. The van der Waals surface area contributed by atoms with Crippen LogP contribution < -0.4 is 10.2 Å². The summed E-state index contributed by atoms with van der Waals surface area (Å²) in [5.74, 6) is -0.0653. The molecule has 2 aliphatic rings. The molecule has 2 aliphatic heterocycles.